The van der Waals surface area contributed by atoms with E-state index in [1.54, 1.807) is 0 Å². The van der Waals surface area contributed by atoms with Gasteiger partial charge in [-0.1, -0.05) is 35.4 Å². The zero-order valence-electron chi connectivity index (χ0n) is 12.7. The molecular formula is C15H19N3O5. The Hall–Kier alpha value is -2.12. The normalized spacial score (nSPS) is 27.0. The van der Waals surface area contributed by atoms with Gasteiger partial charge in [0.1, 0.15) is 12.6 Å². The second-order valence-corrected chi connectivity index (χ2v) is 5.22. The molecule has 0 amide bonds. The Balaban J connectivity index is 2.00. The first kappa shape index (κ1) is 17.2. The van der Waals surface area contributed by atoms with Crippen molar-refractivity contribution >= 4 is 5.97 Å². The Kier molecular flexibility index (Phi) is 6.37. The van der Waals surface area contributed by atoms with Gasteiger partial charge in [0.15, 0.2) is 6.29 Å². The van der Waals surface area contributed by atoms with Gasteiger partial charge in [0, 0.05) is 18.3 Å². The number of aliphatic hydroxyl groups is 1. The van der Waals surface area contributed by atoms with Gasteiger partial charge < -0.3 is 19.3 Å². The molecule has 0 aliphatic carbocycles. The van der Waals surface area contributed by atoms with Crippen LogP contribution in [0.1, 0.15) is 18.9 Å². The van der Waals surface area contributed by atoms with E-state index in [-0.39, 0.29) is 6.61 Å². The summed E-state index contributed by atoms with van der Waals surface area (Å²) in [6.45, 7) is 1.63. The van der Waals surface area contributed by atoms with Crippen LogP contribution in [0.3, 0.4) is 0 Å². The summed E-state index contributed by atoms with van der Waals surface area (Å²) in [5.41, 5.74) is 9.61. The molecule has 124 valence electrons. The number of hydrogen-bond acceptors (Lipinski definition) is 6. The number of benzene rings is 1. The molecular weight excluding hydrogens is 302 g/mol. The molecule has 1 aromatic rings. The van der Waals surface area contributed by atoms with E-state index in [0.29, 0.717) is 13.0 Å². The molecule has 4 atom stereocenters. The third-order valence-electron chi connectivity index (χ3n) is 3.46. The lowest BCUT2D eigenvalue weighted by molar-refractivity contribution is -0.220. The predicted molar refractivity (Wildman–Crippen MR) is 80.1 cm³/mol. The van der Waals surface area contributed by atoms with Crippen LogP contribution in [0.15, 0.2) is 35.4 Å². The van der Waals surface area contributed by atoms with Crippen LogP contribution in [-0.4, -0.2) is 42.2 Å². The van der Waals surface area contributed by atoms with Gasteiger partial charge in [0.2, 0.25) is 0 Å². The molecule has 1 aromatic carbocycles. The summed E-state index contributed by atoms with van der Waals surface area (Å²) in [5.74, 6) is -0.429. The quantitative estimate of drug-likeness (QED) is 0.372. The number of hydrogen-bond donors (Lipinski definition) is 1. The van der Waals surface area contributed by atoms with Gasteiger partial charge in [-0.15, -0.1) is 0 Å². The van der Waals surface area contributed by atoms with Crippen molar-refractivity contribution in [3.05, 3.63) is 46.3 Å². The molecule has 23 heavy (non-hydrogen) atoms. The van der Waals surface area contributed by atoms with Gasteiger partial charge in [-0.3, -0.25) is 4.79 Å². The zero-order valence-corrected chi connectivity index (χ0v) is 12.7. The molecule has 1 aliphatic heterocycles. The first-order chi connectivity index (χ1) is 11.1. The molecule has 0 spiro atoms. The number of nitrogens with zero attached hydrogens (tertiary/aromatic N) is 3. The average Bonchev–Trinajstić information content (AvgIpc) is 2.54. The first-order valence-electron chi connectivity index (χ1n) is 7.26. The van der Waals surface area contributed by atoms with E-state index in [1.165, 1.54) is 6.92 Å². The molecule has 3 unspecified atom stereocenters. The van der Waals surface area contributed by atoms with Crippen LogP contribution in [0.5, 0.6) is 0 Å². The van der Waals surface area contributed by atoms with Crippen molar-refractivity contribution in [2.45, 2.75) is 44.5 Å². The van der Waals surface area contributed by atoms with Crippen molar-refractivity contribution in [3.63, 3.8) is 0 Å². The molecule has 0 saturated carbocycles. The van der Waals surface area contributed by atoms with Gasteiger partial charge in [-0.2, -0.15) is 0 Å². The SMILES string of the molecule is CC(=O)OCC1C[C@@H](OCc2ccccc2)C(N=[N+]=[N-])C(O)O1. The Morgan fingerprint density at radius 2 is 2.22 bits per heavy atom. The van der Waals surface area contributed by atoms with Crippen LogP contribution in [-0.2, 0) is 25.6 Å². The maximum atomic E-state index is 10.9. The average molecular weight is 321 g/mol. The molecule has 0 bridgehead atoms. The van der Waals surface area contributed by atoms with Gasteiger partial charge >= 0.3 is 5.97 Å². The van der Waals surface area contributed by atoms with Crippen LogP contribution in [0, 0.1) is 0 Å². The van der Waals surface area contributed by atoms with Crippen molar-refractivity contribution in [1.29, 1.82) is 0 Å². The number of esters is 1. The van der Waals surface area contributed by atoms with E-state index in [2.05, 4.69) is 10.0 Å². The minimum atomic E-state index is -1.30. The lowest BCUT2D eigenvalue weighted by atomic mass is 10.0. The number of ether oxygens (including phenoxy) is 3. The minimum Gasteiger partial charge on any atom is -0.463 e. The third-order valence-corrected chi connectivity index (χ3v) is 3.46. The fraction of sp³-hybridized carbons (Fsp3) is 0.533. The van der Waals surface area contributed by atoms with Crippen LogP contribution < -0.4 is 0 Å². The second kappa shape index (κ2) is 8.50. The van der Waals surface area contributed by atoms with E-state index in [9.17, 15) is 9.90 Å². The predicted octanol–water partition coefficient (Wildman–Crippen LogP) is 1.92. The Morgan fingerprint density at radius 3 is 2.87 bits per heavy atom. The molecule has 0 aromatic heterocycles. The summed E-state index contributed by atoms with van der Waals surface area (Å²) in [6.07, 6.45) is -2.00. The molecule has 1 heterocycles. The molecule has 1 N–H and O–H groups in total. The first-order valence-corrected chi connectivity index (χ1v) is 7.26. The number of aliphatic hydroxyl groups excluding tert-OH is 1. The maximum Gasteiger partial charge on any atom is 0.302 e. The number of carbonyl (C=O) groups is 1. The van der Waals surface area contributed by atoms with Crippen molar-refractivity contribution in [2.75, 3.05) is 6.61 Å². The topological polar surface area (TPSA) is 114 Å². The van der Waals surface area contributed by atoms with Crippen LogP contribution in [0.4, 0.5) is 0 Å². The standard InChI is InChI=1S/C15H19N3O5/c1-10(19)21-9-12-7-13(14(17-18-16)15(20)23-12)22-8-11-5-3-2-4-6-11/h2-6,12-15,20H,7-9H2,1H3/t12?,13-,14?,15?/m1/s1. The minimum absolute atomic E-state index is 0.0145. The molecule has 0 radical (unpaired) electrons. The van der Waals surface area contributed by atoms with Crippen LogP contribution in [0.25, 0.3) is 10.4 Å². The summed E-state index contributed by atoms with van der Waals surface area (Å²) in [5, 5.41) is 13.6. The van der Waals surface area contributed by atoms with E-state index in [4.69, 9.17) is 19.7 Å². The van der Waals surface area contributed by atoms with Crippen molar-refractivity contribution in [1.82, 2.24) is 0 Å². The maximum absolute atomic E-state index is 10.9. The third kappa shape index (κ3) is 5.22. The number of azide groups is 1. The van der Waals surface area contributed by atoms with Gasteiger partial charge in [-0.25, -0.2) is 0 Å². The van der Waals surface area contributed by atoms with E-state index < -0.39 is 30.5 Å². The fourth-order valence-corrected chi connectivity index (χ4v) is 2.37. The summed E-state index contributed by atoms with van der Waals surface area (Å²) in [6, 6.07) is 8.66. The lowest BCUT2D eigenvalue weighted by Crippen LogP contribution is -2.49. The van der Waals surface area contributed by atoms with Crippen LogP contribution in [0.2, 0.25) is 0 Å². The molecule has 1 fully saturated rings. The lowest BCUT2D eigenvalue weighted by Gasteiger charge is -2.37. The monoisotopic (exact) mass is 321 g/mol. The Morgan fingerprint density at radius 1 is 1.48 bits per heavy atom. The van der Waals surface area contributed by atoms with Crippen LogP contribution >= 0.6 is 0 Å². The fourth-order valence-electron chi connectivity index (χ4n) is 2.37. The highest BCUT2D eigenvalue weighted by Gasteiger charge is 2.38. The molecule has 8 heteroatoms. The molecule has 8 nitrogen and oxygen atoms in total. The molecule has 2 rings (SSSR count). The second-order valence-electron chi connectivity index (χ2n) is 5.22. The molecule has 1 aliphatic rings. The summed E-state index contributed by atoms with van der Waals surface area (Å²) < 4.78 is 16.0. The summed E-state index contributed by atoms with van der Waals surface area (Å²) >= 11 is 0. The summed E-state index contributed by atoms with van der Waals surface area (Å²) in [7, 11) is 0. The smallest absolute Gasteiger partial charge is 0.302 e. The summed E-state index contributed by atoms with van der Waals surface area (Å²) in [4.78, 5) is 13.6. The van der Waals surface area contributed by atoms with Crippen molar-refractivity contribution in [2.24, 2.45) is 5.11 Å². The highest BCUT2D eigenvalue weighted by Crippen LogP contribution is 2.25. The number of carbonyl (C=O) groups excluding carboxylic acids is 1. The molecule has 1 saturated heterocycles. The zero-order chi connectivity index (χ0) is 16.7. The van der Waals surface area contributed by atoms with Crippen molar-refractivity contribution in [3.8, 4) is 0 Å². The van der Waals surface area contributed by atoms with Gasteiger partial charge in [0.25, 0.3) is 0 Å². The van der Waals surface area contributed by atoms with Gasteiger partial charge in [-0.05, 0) is 11.1 Å². The van der Waals surface area contributed by atoms with Crippen molar-refractivity contribution < 1.29 is 24.1 Å². The largest absolute Gasteiger partial charge is 0.463 e. The number of rotatable bonds is 6. The van der Waals surface area contributed by atoms with E-state index >= 15 is 0 Å². The van der Waals surface area contributed by atoms with Gasteiger partial charge in [0.05, 0.1) is 18.8 Å². The van der Waals surface area contributed by atoms with E-state index in [0.717, 1.165) is 5.56 Å². The highest BCUT2D eigenvalue weighted by molar-refractivity contribution is 5.65. The van der Waals surface area contributed by atoms with E-state index in [1.807, 2.05) is 30.3 Å². The Bertz CT molecular complexity index is 561. The Labute approximate surface area is 133 Å². The highest BCUT2D eigenvalue weighted by atomic mass is 16.6.